The maximum atomic E-state index is 13.2. The number of pyridine rings is 1. The van der Waals surface area contributed by atoms with Crippen LogP contribution >= 0.6 is 0 Å². The number of ketones is 1. The Hall–Kier alpha value is -3.73. The molecule has 1 fully saturated rings. The van der Waals surface area contributed by atoms with Crippen LogP contribution in [0.5, 0.6) is 0 Å². The molecule has 4 rings (SSSR count). The van der Waals surface area contributed by atoms with Crippen LogP contribution in [0, 0.1) is 6.92 Å². The Bertz CT molecular complexity index is 1070. The quantitative estimate of drug-likeness (QED) is 0.393. The molecule has 1 amide bonds. The average molecular weight is 384 g/mol. The summed E-state index contributed by atoms with van der Waals surface area (Å²) in [5.41, 5.74) is 3.05. The number of aromatic nitrogens is 1. The van der Waals surface area contributed by atoms with E-state index in [4.69, 9.17) is 0 Å². The van der Waals surface area contributed by atoms with Crippen LogP contribution < -0.4 is 10.1 Å². The van der Waals surface area contributed by atoms with Crippen LogP contribution in [0.4, 0.5) is 0 Å². The van der Waals surface area contributed by atoms with Gasteiger partial charge in [0, 0.05) is 17.2 Å². The highest BCUT2D eigenvalue weighted by Crippen LogP contribution is 2.39. The minimum Gasteiger partial charge on any atom is -0.872 e. The van der Waals surface area contributed by atoms with E-state index in [0.717, 1.165) is 16.7 Å². The first-order chi connectivity index (χ1) is 14.1. The number of Topliss-reactive ketones (excluding diaryl/α,β-unsaturated/α-hetero) is 1. The Balaban J connectivity index is 1.86. The summed E-state index contributed by atoms with van der Waals surface area (Å²) in [5, 5.41) is 13.2. The summed E-state index contributed by atoms with van der Waals surface area (Å²) < 4.78 is 0. The fourth-order valence-corrected chi connectivity index (χ4v) is 3.60. The fourth-order valence-electron chi connectivity index (χ4n) is 3.60. The molecule has 0 radical (unpaired) electrons. The summed E-state index contributed by atoms with van der Waals surface area (Å²) in [6.07, 6.45) is 3.55. The third-order valence-corrected chi connectivity index (χ3v) is 5.08. The molecular formula is C24H20N2O3. The van der Waals surface area contributed by atoms with E-state index in [2.05, 4.69) is 4.98 Å². The first-order valence-corrected chi connectivity index (χ1v) is 9.39. The van der Waals surface area contributed by atoms with Gasteiger partial charge in [-0.05, 0) is 24.1 Å². The topological polar surface area (TPSA) is 74.6 Å². The van der Waals surface area contributed by atoms with Gasteiger partial charge >= 0.3 is 0 Å². The number of nitrogens with one attached hydrogen (secondary N) is 1. The highest BCUT2D eigenvalue weighted by molar-refractivity contribution is 6.46. The highest BCUT2D eigenvalue weighted by Gasteiger charge is 2.44. The summed E-state index contributed by atoms with van der Waals surface area (Å²) in [4.78, 5) is 30.3. The van der Waals surface area contributed by atoms with Crippen molar-refractivity contribution in [1.29, 1.82) is 0 Å². The summed E-state index contributed by atoms with van der Waals surface area (Å²) in [7, 11) is 0. The van der Waals surface area contributed by atoms with Crippen LogP contribution in [0.3, 0.4) is 0 Å². The van der Waals surface area contributed by atoms with E-state index in [1.165, 1.54) is 4.90 Å². The fraction of sp³-hybridized carbons (Fsp3) is 0.125. The van der Waals surface area contributed by atoms with E-state index in [-0.39, 0.29) is 12.1 Å². The summed E-state index contributed by atoms with van der Waals surface area (Å²) >= 11 is 0. The second-order valence-electron chi connectivity index (χ2n) is 7.10. The lowest BCUT2D eigenvalue weighted by atomic mass is 9.94. The number of H-pyrrole nitrogens is 1. The predicted octanol–water partition coefficient (Wildman–Crippen LogP) is 2.23. The van der Waals surface area contributed by atoms with Crippen molar-refractivity contribution in [1.82, 2.24) is 4.90 Å². The zero-order valence-corrected chi connectivity index (χ0v) is 16.0. The minimum absolute atomic E-state index is 0.00460. The summed E-state index contributed by atoms with van der Waals surface area (Å²) in [6.45, 7) is 2.19. The molecule has 5 heteroatoms. The zero-order chi connectivity index (χ0) is 20.4. The molecule has 0 spiro atoms. The highest BCUT2D eigenvalue weighted by atomic mass is 16.3. The van der Waals surface area contributed by atoms with Crippen molar-refractivity contribution in [3.8, 4) is 0 Å². The molecule has 1 atom stereocenters. The molecule has 2 heterocycles. The summed E-state index contributed by atoms with van der Waals surface area (Å²) in [6, 6.07) is 19.2. The molecule has 1 aliphatic rings. The number of aromatic amines is 1. The molecule has 0 saturated carbocycles. The van der Waals surface area contributed by atoms with Crippen LogP contribution in [0.15, 0.2) is 84.7 Å². The first kappa shape index (κ1) is 18.6. The van der Waals surface area contributed by atoms with Gasteiger partial charge < -0.3 is 10.0 Å². The van der Waals surface area contributed by atoms with Crippen LogP contribution in [-0.2, 0) is 16.1 Å². The predicted molar refractivity (Wildman–Crippen MR) is 106 cm³/mol. The number of benzene rings is 2. The number of rotatable bonds is 4. The van der Waals surface area contributed by atoms with Crippen molar-refractivity contribution in [2.24, 2.45) is 0 Å². The smallest absolute Gasteiger partial charge is 0.295 e. The van der Waals surface area contributed by atoms with Gasteiger partial charge in [0.15, 0.2) is 12.4 Å². The number of carbonyl (C=O) groups excluding carboxylic acids is 2. The van der Waals surface area contributed by atoms with Gasteiger partial charge in [-0.25, -0.2) is 4.98 Å². The number of amides is 1. The van der Waals surface area contributed by atoms with Gasteiger partial charge in [0.2, 0.25) is 5.78 Å². The van der Waals surface area contributed by atoms with Gasteiger partial charge in [-0.3, -0.25) is 9.59 Å². The van der Waals surface area contributed by atoms with E-state index < -0.39 is 23.5 Å². The monoisotopic (exact) mass is 384 g/mol. The van der Waals surface area contributed by atoms with Crippen LogP contribution in [0.25, 0.3) is 5.76 Å². The molecule has 1 unspecified atom stereocenters. The summed E-state index contributed by atoms with van der Waals surface area (Å²) in [5.74, 6) is -1.79. The van der Waals surface area contributed by atoms with E-state index in [1.54, 1.807) is 42.7 Å². The number of likely N-dealkylation sites (tertiary alicyclic amines) is 1. The average Bonchev–Trinajstić information content (AvgIpc) is 3.00. The Morgan fingerprint density at radius 1 is 1.00 bits per heavy atom. The lowest BCUT2D eigenvalue weighted by Gasteiger charge is -2.27. The number of aryl methyl sites for hydroxylation is 1. The molecule has 1 saturated heterocycles. The molecule has 144 valence electrons. The van der Waals surface area contributed by atoms with Crippen molar-refractivity contribution in [2.75, 3.05) is 0 Å². The standard InChI is InChI=1S/C24H20N2O3/c1-16-9-11-18(12-10-16)21-20(22(27)19-7-3-2-4-8-19)23(28)24(29)26(21)15-17-6-5-13-25-14-17/h2-14,21,27H,15H2,1H3. The van der Waals surface area contributed by atoms with E-state index in [0.29, 0.717) is 5.56 Å². The van der Waals surface area contributed by atoms with Gasteiger partial charge in [-0.1, -0.05) is 65.9 Å². The number of hydrogen-bond donors (Lipinski definition) is 0. The largest absolute Gasteiger partial charge is 0.872 e. The number of carbonyl (C=O) groups is 2. The van der Waals surface area contributed by atoms with Crippen molar-refractivity contribution < 1.29 is 19.7 Å². The van der Waals surface area contributed by atoms with Crippen LogP contribution in [0.1, 0.15) is 28.3 Å². The maximum Gasteiger partial charge on any atom is 0.295 e. The molecule has 1 aromatic heterocycles. The molecule has 3 aromatic rings. The Labute approximate surface area is 169 Å². The molecule has 0 bridgehead atoms. The van der Waals surface area contributed by atoms with Crippen molar-refractivity contribution in [2.45, 2.75) is 19.5 Å². The van der Waals surface area contributed by atoms with E-state index in [9.17, 15) is 14.7 Å². The van der Waals surface area contributed by atoms with Crippen LogP contribution in [-0.4, -0.2) is 16.6 Å². The Morgan fingerprint density at radius 2 is 1.72 bits per heavy atom. The van der Waals surface area contributed by atoms with Gasteiger partial charge in [0.25, 0.3) is 5.91 Å². The van der Waals surface area contributed by atoms with E-state index >= 15 is 0 Å². The second-order valence-corrected chi connectivity index (χ2v) is 7.10. The van der Waals surface area contributed by atoms with Gasteiger partial charge in [-0.2, -0.15) is 0 Å². The molecule has 2 aromatic carbocycles. The van der Waals surface area contributed by atoms with Gasteiger partial charge in [-0.15, -0.1) is 0 Å². The third kappa shape index (κ3) is 3.55. The Kier molecular flexibility index (Phi) is 4.96. The number of nitrogens with zero attached hydrogens (tertiary/aromatic N) is 1. The Morgan fingerprint density at radius 3 is 2.38 bits per heavy atom. The minimum atomic E-state index is -0.732. The van der Waals surface area contributed by atoms with Crippen molar-refractivity contribution in [3.63, 3.8) is 0 Å². The molecule has 29 heavy (non-hydrogen) atoms. The molecule has 1 aliphatic heterocycles. The molecule has 1 N–H and O–H groups in total. The molecule has 5 nitrogen and oxygen atoms in total. The van der Waals surface area contributed by atoms with Crippen molar-refractivity contribution in [3.05, 3.63) is 107 Å². The van der Waals surface area contributed by atoms with Crippen molar-refractivity contribution >= 4 is 17.4 Å². The molecular weight excluding hydrogens is 364 g/mol. The van der Waals surface area contributed by atoms with Crippen LogP contribution in [0.2, 0.25) is 0 Å². The normalized spacial score (nSPS) is 18.2. The number of hydrogen-bond acceptors (Lipinski definition) is 3. The lowest BCUT2D eigenvalue weighted by Crippen LogP contribution is -2.29. The molecule has 0 aliphatic carbocycles. The van der Waals surface area contributed by atoms with Gasteiger partial charge in [0.1, 0.15) is 0 Å². The second kappa shape index (κ2) is 7.72. The zero-order valence-electron chi connectivity index (χ0n) is 16.0. The van der Waals surface area contributed by atoms with E-state index in [1.807, 2.05) is 43.3 Å². The first-order valence-electron chi connectivity index (χ1n) is 9.39. The lowest BCUT2D eigenvalue weighted by molar-refractivity contribution is -0.378. The van der Waals surface area contributed by atoms with Gasteiger partial charge in [0.05, 0.1) is 12.6 Å². The maximum absolute atomic E-state index is 13.2. The third-order valence-electron chi connectivity index (χ3n) is 5.08. The SMILES string of the molecule is Cc1ccc(C2C(=C([O-])c3ccccc3)C(=O)C(=O)N2Cc2ccc[nH+]c2)cc1.